The summed E-state index contributed by atoms with van der Waals surface area (Å²) in [6, 6.07) is -0.957. The zero-order chi connectivity index (χ0) is 60.9. The Morgan fingerprint density at radius 2 is 0.833 bits per heavy atom. The number of aliphatic hydroxyl groups excluding tert-OH is 8. The van der Waals surface area contributed by atoms with E-state index in [1.165, 1.54) is 148 Å². The highest BCUT2D eigenvalue weighted by Crippen LogP contribution is 2.30. The normalized spacial score (nSPS) is 24.2. The van der Waals surface area contributed by atoms with E-state index < -0.39 is 86.8 Å². The summed E-state index contributed by atoms with van der Waals surface area (Å²) in [6.07, 6.45) is 58.0. The van der Waals surface area contributed by atoms with Crippen LogP contribution in [-0.4, -0.2) is 140 Å². The van der Waals surface area contributed by atoms with Crippen molar-refractivity contribution in [3.63, 3.8) is 0 Å². The van der Waals surface area contributed by atoms with E-state index in [0.29, 0.717) is 12.8 Å². The third kappa shape index (κ3) is 38.4. The number of hydrogen-bond acceptors (Lipinski definition) is 13. The van der Waals surface area contributed by atoms with Crippen molar-refractivity contribution in [2.45, 2.75) is 331 Å². The minimum absolute atomic E-state index is 0.237. The maximum atomic E-state index is 13.3. The van der Waals surface area contributed by atoms with Gasteiger partial charge in [-0.1, -0.05) is 253 Å². The molecule has 2 rings (SSSR count). The smallest absolute Gasteiger partial charge is 0.220 e. The van der Waals surface area contributed by atoms with Gasteiger partial charge in [0, 0.05) is 6.42 Å². The Labute approximate surface area is 510 Å². The van der Waals surface area contributed by atoms with Crippen LogP contribution in [0.5, 0.6) is 0 Å². The molecule has 2 aliphatic heterocycles. The number of rotatable bonds is 54. The summed E-state index contributed by atoms with van der Waals surface area (Å²) in [7, 11) is 0. The topological polar surface area (TPSA) is 228 Å². The quantitative estimate of drug-likeness (QED) is 0.0204. The predicted octanol–water partition coefficient (Wildman–Crippen LogP) is 13.2. The lowest BCUT2D eigenvalue weighted by Gasteiger charge is -2.46. The highest BCUT2D eigenvalue weighted by atomic mass is 16.7. The number of ether oxygens (including phenoxy) is 4. The number of carbonyl (C=O) groups excluding carboxylic acids is 1. The minimum Gasteiger partial charge on any atom is -0.394 e. The monoisotopic (exact) mass is 1190 g/mol. The number of hydrogen-bond donors (Lipinski definition) is 9. The van der Waals surface area contributed by atoms with Gasteiger partial charge in [0.1, 0.15) is 48.8 Å². The van der Waals surface area contributed by atoms with Crippen LogP contribution in [0, 0.1) is 0 Å². The number of aliphatic hydroxyl groups is 8. The molecule has 0 aromatic rings. The minimum atomic E-state index is -1.80. The first-order chi connectivity index (χ1) is 41.1. The number of nitrogens with one attached hydrogen (secondary N) is 1. The van der Waals surface area contributed by atoms with Crippen LogP contribution in [0.1, 0.15) is 258 Å². The average molecular weight is 1190 g/mol. The van der Waals surface area contributed by atoms with Gasteiger partial charge in [-0.05, 0) is 83.5 Å². The molecule has 0 bridgehead atoms. The average Bonchev–Trinajstić information content (AvgIpc) is 3.18. The second-order valence-electron chi connectivity index (χ2n) is 23.5. The lowest BCUT2D eigenvalue weighted by Crippen LogP contribution is -2.65. The van der Waals surface area contributed by atoms with Crippen molar-refractivity contribution in [3.05, 3.63) is 85.1 Å². The summed E-state index contributed by atoms with van der Waals surface area (Å²) >= 11 is 0. The number of carbonyl (C=O) groups is 1. The fourth-order valence-corrected chi connectivity index (χ4v) is 10.7. The standard InChI is InChI=1S/C70H123NO13/c1-3-5-7-9-11-13-15-17-19-21-22-23-24-25-26-27-28-29-30-31-32-33-34-35-36-38-39-41-43-45-47-49-51-53-59(74)58(71-62(75)54-52-50-48-46-44-42-40-37-20-18-16-14-12-10-8-6-4-2)57-81-69-67(80)65(78)68(61(56-73)83-69)84-70-66(79)64(77)63(76)60(55-72)82-70/h6,8,12,14,18,20,36,38,40,42-43,45,51,53,58-61,63-70,72-74,76-80H,3-5,7,9-11,13,15-17,19,21-35,37,39,41,44,46-50,52,54-57H2,1-2H3,(H,71,75)/b8-6-,14-12-,20-18-,38-36+,42-40-,45-43+,53-51+. The van der Waals surface area contributed by atoms with Gasteiger partial charge in [0.15, 0.2) is 12.6 Å². The van der Waals surface area contributed by atoms with Crippen molar-refractivity contribution in [1.29, 1.82) is 0 Å². The van der Waals surface area contributed by atoms with E-state index in [-0.39, 0.29) is 18.9 Å². The molecule has 9 N–H and O–H groups in total. The summed E-state index contributed by atoms with van der Waals surface area (Å²) < 4.78 is 22.8. The molecule has 0 aromatic carbocycles. The maximum Gasteiger partial charge on any atom is 0.220 e. The Bertz CT molecular complexity index is 1730. The first kappa shape index (κ1) is 77.3. The second kappa shape index (κ2) is 54.3. The van der Waals surface area contributed by atoms with Gasteiger partial charge >= 0.3 is 0 Å². The summed E-state index contributed by atoms with van der Waals surface area (Å²) in [5.41, 5.74) is 0. The van der Waals surface area contributed by atoms with E-state index in [0.717, 1.165) is 77.0 Å². The molecule has 12 atom stereocenters. The zero-order valence-corrected chi connectivity index (χ0v) is 52.6. The Morgan fingerprint density at radius 3 is 1.31 bits per heavy atom. The second-order valence-corrected chi connectivity index (χ2v) is 23.5. The number of amides is 1. The summed E-state index contributed by atoms with van der Waals surface area (Å²) in [6.45, 7) is 2.65. The zero-order valence-electron chi connectivity index (χ0n) is 52.6. The molecule has 2 heterocycles. The van der Waals surface area contributed by atoms with Crippen molar-refractivity contribution in [3.8, 4) is 0 Å². The lowest BCUT2D eigenvalue weighted by molar-refractivity contribution is -0.359. The van der Waals surface area contributed by atoms with Gasteiger partial charge in [-0.25, -0.2) is 0 Å². The predicted molar refractivity (Wildman–Crippen MR) is 341 cm³/mol. The molecule has 0 aliphatic carbocycles. The molecule has 1 amide bonds. The van der Waals surface area contributed by atoms with Crippen LogP contribution in [0.15, 0.2) is 85.1 Å². The van der Waals surface area contributed by atoms with Crippen LogP contribution in [0.4, 0.5) is 0 Å². The Hall–Kier alpha value is -2.83. The fraction of sp³-hybridized carbons (Fsp3) is 0.786. The van der Waals surface area contributed by atoms with Gasteiger partial charge in [-0.3, -0.25) is 4.79 Å². The van der Waals surface area contributed by atoms with Gasteiger partial charge < -0.3 is 65.1 Å². The number of allylic oxidation sites excluding steroid dienone is 13. The molecule has 84 heavy (non-hydrogen) atoms. The molecule has 486 valence electrons. The molecule has 14 nitrogen and oxygen atoms in total. The molecule has 2 fully saturated rings. The van der Waals surface area contributed by atoms with E-state index >= 15 is 0 Å². The maximum absolute atomic E-state index is 13.3. The third-order valence-electron chi connectivity index (χ3n) is 16.0. The summed E-state index contributed by atoms with van der Waals surface area (Å²) in [5.74, 6) is -0.278. The molecule has 0 saturated carbocycles. The Balaban J connectivity index is 1.70. The highest BCUT2D eigenvalue weighted by molar-refractivity contribution is 5.76. The van der Waals surface area contributed by atoms with Gasteiger partial charge in [0.25, 0.3) is 0 Å². The first-order valence-corrected chi connectivity index (χ1v) is 33.8. The van der Waals surface area contributed by atoms with E-state index in [1.54, 1.807) is 6.08 Å². The fourth-order valence-electron chi connectivity index (χ4n) is 10.7. The molecule has 0 aromatic heterocycles. The lowest BCUT2D eigenvalue weighted by atomic mass is 9.97. The van der Waals surface area contributed by atoms with E-state index in [4.69, 9.17) is 18.9 Å². The van der Waals surface area contributed by atoms with E-state index in [1.807, 2.05) is 6.08 Å². The van der Waals surface area contributed by atoms with Crippen molar-refractivity contribution >= 4 is 5.91 Å². The van der Waals surface area contributed by atoms with Gasteiger partial charge in [-0.2, -0.15) is 0 Å². The van der Waals surface area contributed by atoms with Crippen molar-refractivity contribution in [2.24, 2.45) is 0 Å². The van der Waals surface area contributed by atoms with Crippen LogP contribution in [0.2, 0.25) is 0 Å². The molecule has 2 saturated heterocycles. The largest absolute Gasteiger partial charge is 0.394 e. The molecular weight excluding hydrogens is 1060 g/mol. The van der Waals surface area contributed by atoms with Crippen LogP contribution >= 0.6 is 0 Å². The molecule has 12 unspecified atom stereocenters. The molecule has 2 aliphatic rings. The van der Waals surface area contributed by atoms with Gasteiger partial charge in [-0.15, -0.1) is 0 Å². The van der Waals surface area contributed by atoms with Crippen molar-refractivity contribution < 1.29 is 64.6 Å². The Kier molecular flexibility index (Phi) is 50.0. The van der Waals surface area contributed by atoms with Gasteiger partial charge in [0.05, 0.1) is 32.0 Å². The molecule has 0 radical (unpaired) electrons. The van der Waals surface area contributed by atoms with Gasteiger partial charge in [0.2, 0.25) is 5.91 Å². The summed E-state index contributed by atoms with van der Waals surface area (Å²) in [4.78, 5) is 13.3. The Morgan fingerprint density at radius 1 is 0.440 bits per heavy atom. The summed E-state index contributed by atoms with van der Waals surface area (Å²) in [5, 5.41) is 87.2. The molecule has 14 heteroatoms. The van der Waals surface area contributed by atoms with Crippen LogP contribution in [0.25, 0.3) is 0 Å². The van der Waals surface area contributed by atoms with E-state index in [2.05, 4.69) is 92.1 Å². The van der Waals surface area contributed by atoms with Crippen LogP contribution in [-0.2, 0) is 23.7 Å². The van der Waals surface area contributed by atoms with Crippen LogP contribution < -0.4 is 5.32 Å². The molecular formula is C70H123NO13. The SMILES string of the molecule is CC/C=C\C/C=C\C/C=C\C/C=C\CCCCCCC(=O)NC(COC1OC(CO)C(OC2OC(CO)C(O)C(O)C2O)C(O)C1O)C(O)/C=C/CC/C=C/CC/C=C/CCCCCCCCCCCCCCCCCCCCCCCCC. The molecule has 0 spiro atoms. The van der Waals surface area contributed by atoms with Crippen molar-refractivity contribution in [1.82, 2.24) is 5.32 Å². The van der Waals surface area contributed by atoms with E-state index in [9.17, 15) is 45.6 Å². The van der Waals surface area contributed by atoms with Crippen LogP contribution in [0.3, 0.4) is 0 Å². The third-order valence-corrected chi connectivity index (χ3v) is 16.0. The first-order valence-electron chi connectivity index (χ1n) is 33.8. The number of unbranched alkanes of at least 4 members (excludes halogenated alkanes) is 29. The highest BCUT2D eigenvalue weighted by Gasteiger charge is 2.51. The van der Waals surface area contributed by atoms with Crippen molar-refractivity contribution in [2.75, 3.05) is 19.8 Å².